The number of carbonyl (C=O) groups is 1. The molecule has 0 aliphatic rings. The van der Waals surface area contributed by atoms with Crippen molar-refractivity contribution in [3.05, 3.63) is 35.4 Å². The van der Waals surface area contributed by atoms with Crippen molar-refractivity contribution in [1.29, 1.82) is 0 Å². The van der Waals surface area contributed by atoms with Crippen LogP contribution in [0.3, 0.4) is 0 Å². The Morgan fingerprint density at radius 1 is 1.33 bits per heavy atom. The molecule has 0 unspecified atom stereocenters. The molecule has 0 aromatic heterocycles. The van der Waals surface area contributed by atoms with Crippen LogP contribution in [0, 0.1) is 0 Å². The van der Waals surface area contributed by atoms with Crippen molar-refractivity contribution in [1.82, 2.24) is 0 Å². The first-order valence-electron chi connectivity index (χ1n) is 5.39. The molecule has 100 valence electrons. The first kappa shape index (κ1) is 14.9. The van der Waals surface area contributed by atoms with E-state index in [-0.39, 0.29) is 19.0 Å². The van der Waals surface area contributed by atoms with Gasteiger partial charge in [0.15, 0.2) is 0 Å². The third-order valence-electron chi connectivity index (χ3n) is 2.46. The fraction of sp³-hybridized carbons (Fsp3) is 0.364. The molecule has 5 N–H and O–H groups in total. The number of aryl methyl sites for hydroxylation is 1. The van der Waals surface area contributed by atoms with Crippen LogP contribution in [0.1, 0.15) is 11.1 Å². The number of aliphatic carboxylic acids is 1. The van der Waals surface area contributed by atoms with E-state index in [0.29, 0.717) is 0 Å². The second kappa shape index (κ2) is 6.11. The van der Waals surface area contributed by atoms with Crippen LogP contribution in [0.2, 0.25) is 0 Å². The highest BCUT2D eigenvalue weighted by molar-refractivity contribution is 7.51. The standard InChI is InChI=1S/C11H16NO5P/c12-10(11(13)14)7-9-3-1-2-8(6-9)4-5-18(15,16)17/h1-3,6,10H,4-5,7,12H2,(H,13,14)(H2,15,16,17)/t10-/m0/s1. The molecule has 6 nitrogen and oxygen atoms in total. The molecule has 0 aliphatic carbocycles. The molecule has 1 atom stereocenters. The fourth-order valence-electron chi connectivity index (χ4n) is 1.53. The van der Waals surface area contributed by atoms with Crippen molar-refractivity contribution in [2.45, 2.75) is 18.9 Å². The third kappa shape index (κ3) is 5.42. The smallest absolute Gasteiger partial charge is 0.325 e. The Hall–Kier alpha value is -1.20. The van der Waals surface area contributed by atoms with E-state index in [0.717, 1.165) is 11.1 Å². The van der Waals surface area contributed by atoms with Gasteiger partial charge in [-0.25, -0.2) is 0 Å². The molecule has 0 aliphatic heterocycles. The second-order valence-electron chi connectivity index (χ2n) is 4.11. The molecule has 0 amide bonds. The molecular weight excluding hydrogens is 257 g/mol. The van der Waals surface area contributed by atoms with Gasteiger partial charge in [0.1, 0.15) is 6.04 Å². The molecule has 0 saturated heterocycles. The molecule has 0 heterocycles. The van der Waals surface area contributed by atoms with Gasteiger partial charge in [-0.05, 0) is 24.0 Å². The van der Waals surface area contributed by atoms with Gasteiger partial charge in [0, 0.05) is 0 Å². The van der Waals surface area contributed by atoms with Crippen LogP contribution in [0.4, 0.5) is 0 Å². The minimum atomic E-state index is -4.01. The van der Waals surface area contributed by atoms with E-state index in [1.807, 2.05) is 0 Å². The largest absolute Gasteiger partial charge is 0.480 e. The Morgan fingerprint density at radius 3 is 2.50 bits per heavy atom. The first-order chi connectivity index (χ1) is 8.28. The number of rotatable bonds is 6. The van der Waals surface area contributed by atoms with Crippen LogP contribution >= 0.6 is 7.60 Å². The van der Waals surface area contributed by atoms with Gasteiger partial charge < -0.3 is 20.6 Å². The van der Waals surface area contributed by atoms with E-state index in [1.54, 1.807) is 24.3 Å². The molecule has 1 aromatic carbocycles. The summed E-state index contributed by atoms with van der Waals surface area (Å²) in [6.45, 7) is 0. The fourth-order valence-corrected chi connectivity index (χ4v) is 2.08. The van der Waals surface area contributed by atoms with Gasteiger partial charge in [-0.15, -0.1) is 0 Å². The molecule has 0 bridgehead atoms. The zero-order chi connectivity index (χ0) is 13.8. The summed E-state index contributed by atoms with van der Waals surface area (Å²) in [4.78, 5) is 28.2. The molecule has 7 heteroatoms. The van der Waals surface area contributed by atoms with Crippen LogP contribution < -0.4 is 5.73 Å². The van der Waals surface area contributed by atoms with E-state index in [2.05, 4.69) is 0 Å². The van der Waals surface area contributed by atoms with Crippen molar-refractivity contribution in [3.8, 4) is 0 Å². The zero-order valence-electron chi connectivity index (χ0n) is 9.69. The summed E-state index contributed by atoms with van der Waals surface area (Å²) in [7, 11) is -4.01. The Bertz CT molecular complexity index is 470. The predicted octanol–water partition coefficient (Wildman–Crippen LogP) is 0.361. The van der Waals surface area contributed by atoms with Gasteiger partial charge >= 0.3 is 13.6 Å². The summed E-state index contributed by atoms with van der Waals surface area (Å²) in [6, 6.07) is 5.95. The van der Waals surface area contributed by atoms with Crippen molar-refractivity contribution in [2.75, 3.05) is 6.16 Å². The Labute approximate surface area is 105 Å². The van der Waals surface area contributed by atoms with Crippen molar-refractivity contribution >= 4 is 13.6 Å². The Balaban J connectivity index is 2.68. The van der Waals surface area contributed by atoms with E-state index in [1.165, 1.54) is 0 Å². The number of benzene rings is 1. The lowest BCUT2D eigenvalue weighted by molar-refractivity contribution is -0.138. The second-order valence-corrected chi connectivity index (χ2v) is 5.88. The molecule has 1 rings (SSSR count). The summed E-state index contributed by atoms with van der Waals surface area (Å²) in [5.74, 6) is -1.07. The highest BCUT2D eigenvalue weighted by Gasteiger charge is 2.14. The van der Waals surface area contributed by atoms with Crippen LogP contribution in [0.5, 0.6) is 0 Å². The van der Waals surface area contributed by atoms with Gasteiger partial charge in [-0.1, -0.05) is 24.3 Å². The molecule has 18 heavy (non-hydrogen) atoms. The molecule has 0 saturated carbocycles. The number of hydrogen-bond acceptors (Lipinski definition) is 3. The van der Waals surface area contributed by atoms with E-state index in [4.69, 9.17) is 20.6 Å². The van der Waals surface area contributed by atoms with Gasteiger partial charge in [-0.3, -0.25) is 9.36 Å². The molecule has 0 fully saturated rings. The maximum Gasteiger partial charge on any atom is 0.325 e. The van der Waals surface area contributed by atoms with Crippen LogP contribution in [0.25, 0.3) is 0 Å². The molecular formula is C11H16NO5P. The normalized spacial score (nSPS) is 13.3. The van der Waals surface area contributed by atoms with E-state index in [9.17, 15) is 9.36 Å². The van der Waals surface area contributed by atoms with Gasteiger partial charge in [-0.2, -0.15) is 0 Å². The quantitative estimate of drug-likeness (QED) is 0.555. The third-order valence-corrected chi connectivity index (χ3v) is 3.26. The van der Waals surface area contributed by atoms with Crippen molar-refractivity contribution in [3.63, 3.8) is 0 Å². The Kier molecular flexibility index (Phi) is 5.04. The SMILES string of the molecule is N[C@@H](Cc1cccc(CCP(=O)(O)O)c1)C(=O)O. The monoisotopic (exact) mass is 273 g/mol. The maximum absolute atomic E-state index is 10.8. The van der Waals surface area contributed by atoms with Crippen molar-refractivity contribution in [2.24, 2.45) is 5.73 Å². The summed E-state index contributed by atoms with van der Waals surface area (Å²) < 4.78 is 10.8. The highest BCUT2D eigenvalue weighted by atomic mass is 31.2. The lowest BCUT2D eigenvalue weighted by Gasteiger charge is -2.09. The number of carboxylic acids is 1. The minimum Gasteiger partial charge on any atom is -0.480 e. The van der Waals surface area contributed by atoms with Gasteiger partial charge in [0.05, 0.1) is 6.16 Å². The lowest BCUT2D eigenvalue weighted by atomic mass is 10.0. The zero-order valence-corrected chi connectivity index (χ0v) is 10.6. The lowest BCUT2D eigenvalue weighted by Crippen LogP contribution is -2.32. The van der Waals surface area contributed by atoms with Crippen LogP contribution in [-0.4, -0.2) is 33.1 Å². The summed E-state index contributed by atoms with van der Waals surface area (Å²) in [5.41, 5.74) is 6.92. The summed E-state index contributed by atoms with van der Waals surface area (Å²) in [5, 5.41) is 8.69. The topological polar surface area (TPSA) is 121 Å². The average molecular weight is 273 g/mol. The summed E-state index contributed by atoms with van der Waals surface area (Å²) in [6.07, 6.45) is 0.223. The minimum absolute atomic E-state index is 0.194. The Morgan fingerprint density at radius 2 is 1.94 bits per heavy atom. The van der Waals surface area contributed by atoms with Crippen molar-refractivity contribution < 1.29 is 24.3 Å². The summed E-state index contributed by atoms with van der Waals surface area (Å²) >= 11 is 0. The number of nitrogens with two attached hydrogens (primary N) is 1. The molecule has 0 radical (unpaired) electrons. The number of carboxylic acid groups (broad SMARTS) is 1. The van der Waals surface area contributed by atoms with Gasteiger partial charge in [0.2, 0.25) is 0 Å². The first-order valence-corrected chi connectivity index (χ1v) is 7.18. The van der Waals surface area contributed by atoms with Gasteiger partial charge in [0.25, 0.3) is 0 Å². The molecule has 1 aromatic rings. The average Bonchev–Trinajstić information content (AvgIpc) is 2.26. The number of hydrogen-bond donors (Lipinski definition) is 4. The highest BCUT2D eigenvalue weighted by Crippen LogP contribution is 2.34. The van der Waals surface area contributed by atoms with E-state index < -0.39 is 19.6 Å². The predicted molar refractivity (Wildman–Crippen MR) is 66.4 cm³/mol. The maximum atomic E-state index is 10.8. The van der Waals surface area contributed by atoms with Crippen LogP contribution in [0.15, 0.2) is 24.3 Å². The molecule has 0 spiro atoms. The van der Waals surface area contributed by atoms with E-state index >= 15 is 0 Å². The van der Waals surface area contributed by atoms with Crippen LogP contribution in [-0.2, 0) is 22.2 Å².